The lowest BCUT2D eigenvalue weighted by Gasteiger charge is -2.13. The van der Waals surface area contributed by atoms with Crippen LogP contribution in [0, 0.1) is 0 Å². The summed E-state index contributed by atoms with van der Waals surface area (Å²) in [6.45, 7) is 0.509. The van der Waals surface area contributed by atoms with Gasteiger partial charge in [0.05, 0.1) is 21.7 Å². The van der Waals surface area contributed by atoms with Crippen LogP contribution in [-0.4, -0.2) is 12.2 Å². The van der Waals surface area contributed by atoms with Gasteiger partial charge in [-0.3, -0.25) is 0 Å². The second-order valence-electron chi connectivity index (χ2n) is 4.07. The molecule has 0 aromatic heterocycles. The monoisotopic (exact) mass is 463 g/mol. The minimum Gasteiger partial charge on any atom is -0.506 e. The number of ether oxygens (including phenoxy) is 1. The summed E-state index contributed by atoms with van der Waals surface area (Å²) in [6.07, 6.45) is 0. The fourth-order valence-electron chi connectivity index (χ4n) is 1.71. The van der Waals surface area contributed by atoms with Crippen molar-refractivity contribution in [1.82, 2.24) is 0 Å². The molecular formula is C14H12Br3NO2. The van der Waals surface area contributed by atoms with Gasteiger partial charge in [-0.2, -0.15) is 0 Å². The molecule has 2 N–H and O–H groups in total. The van der Waals surface area contributed by atoms with Crippen LogP contribution in [0.1, 0.15) is 5.56 Å². The molecule has 2 aromatic carbocycles. The first-order valence-corrected chi connectivity index (χ1v) is 8.14. The van der Waals surface area contributed by atoms with Crippen molar-refractivity contribution in [3.05, 3.63) is 49.3 Å². The molecule has 0 aliphatic carbocycles. The van der Waals surface area contributed by atoms with Gasteiger partial charge in [0.15, 0.2) is 0 Å². The Hall–Kier alpha value is -0.720. The number of para-hydroxylation sites is 1. The number of anilines is 1. The summed E-state index contributed by atoms with van der Waals surface area (Å²) in [5.41, 5.74) is 1.71. The summed E-state index contributed by atoms with van der Waals surface area (Å²) in [7, 11) is 1.62. The number of hydrogen-bond donors (Lipinski definition) is 2. The molecule has 2 aromatic rings. The maximum atomic E-state index is 9.96. The van der Waals surface area contributed by atoms with E-state index in [1.807, 2.05) is 24.3 Å². The Kier molecular flexibility index (Phi) is 5.35. The van der Waals surface area contributed by atoms with Crippen molar-refractivity contribution >= 4 is 53.5 Å². The molecular weight excluding hydrogens is 454 g/mol. The summed E-state index contributed by atoms with van der Waals surface area (Å²) in [5, 5.41) is 13.2. The lowest BCUT2D eigenvalue weighted by Crippen LogP contribution is -2.01. The zero-order valence-corrected chi connectivity index (χ0v) is 15.3. The lowest BCUT2D eigenvalue weighted by molar-refractivity contribution is 0.412. The van der Waals surface area contributed by atoms with Gasteiger partial charge in [-0.1, -0.05) is 12.1 Å². The van der Waals surface area contributed by atoms with E-state index in [9.17, 15) is 5.11 Å². The van der Waals surface area contributed by atoms with Gasteiger partial charge in [-0.25, -0.2) is 0 Å². The quantitative estimate of drug-likeness (QED) is 0.643. The van der Waals surface area contributed by atoms with Crippen LogP contribution in [0.15, 0.2) is 43.7 Å². The minimum atomic E-state index is 0.250. The zero-order valence-electron chi connectivity index (χ0n) is 10.6. The van der Waals surface area contributed by atoms with Crippen LogP contribution in [-0.2, 0) is 6.54 Å². The third-order valence-electron chi connectivity index (χ3n) is 2.78. The van der Waals surface area contributed by atoms with E-state index in [0.717, 1.165) is 25.9 Å². The van der Waals surface area contributed by atoms with Crippen LogP contribution in [0.3, 0.4) is 0 Å². The number of benzene rings is 2. The molecule has 2 rings (SSSR count). The number of rotatable bonds is 4. The molecule has 0 unspecified atom stereocenters. The Balaban J connectivity index is 2.21. The van der Waals surface area contributed by atoms with Crippen molar-refractivity contribution in [2.45, 2.75) is 6.54 Å². The summed E-state index contributed by atoms with van der Waals surface area (Å²) >= 11 is 10.2. The Labute approximate surface area is 142 Å². The zero-order chi connectivity index (χ0) is 14.7. The Morgan fingerprint density at radius 2 is 1.85 bits per heavy atom. The molecule has 20 heavy (non-hydrogen) atoms. The van der Waals surface area contributed by atoms with Crippen molar-refractivity contribution in [3.8, 4) is 11.5 Å². The van der Waals surface area contributed by atoms with Gasteiger partial charge in [-0.05, 0) is 59.9 Å². The molecule has 0 atom stereocenters. The van der Waals surface area contributed by atoms with E-state index in [2.05, 4.69) is 53.1 Å². The summed E-state index contributed by atoms with van der Waals surface area (Å²) < 4.78 is 7.75. The highest BCUT2D eigenvalue weighted by Crippen LogP contribution is 2.35. The molecule has 0 saturated carbocycles. The Morgan fingerprint density at radius 3 is 2.55 bits per heavy atom. The Bertz CT molecular complexity index is 632. The lowest BCUT2D eigenvalue weighted by atomic mass is 10.2. The van der Waals surface area contributed by atoms with Gasteiger partial charge in [0.25, 0.3) is 0 Å². The van der Waals surface area contributed by atoms with Gasteiger partial charge in [0.2, 0.25) is 0 Å². The molecule has 0 aliphatic rings. The summed E-state index contributed by atoms with van der Waals surface area (Å²) in [4.78, 5) is 0. The number of phenolic OH excluding ortho intramolecular Hbond substituents is 1. The number of halogens is 3. The molecule has 0 amide bonds. The first kappa shape index (κ1) is 15.7. The van der Waals surface area contributed by atoms with E-state index in [0.29, 0.717) is 11.0 Å². The number of hydrogen-bond acceptors (Lipinski definition) is 3. The summed E-state index contributed by atoms with van der Waals surface area (Å²) in [5.74, 6) is 0.995. The van der Waals surface area contributed by atoms with Crippen molar-refractivity contribution in [2.24, 2.45) is 0 Å². The first-order valence-electron chi connectivity index (χ1n) is 5.76. The molecule has 6 heteroatoms. The highest BCUT2D eigenvalue weighted by Gasteiger charge is 2.09. The van der Waals surface area contributed by atoms with E-state index in [1.165, 1.54) is 0 Å². The first-order chi connectivity index (χ1) is 9.52. The van der Waals surface area contributed by atoms with Crippen LogP contribution in [0.4, 0.5) is 5.69 Å². The van der Waals surface area contributed by atoms with Crippen molar-refractivity contribution in [2.75, 3.05) is 12.4 Å². The number of aromatic hydroxyl groups is 1. The normalized spacial score (nSPS) is 10.4. The molecule has 0 saturated heterocycles. The molecule has 0 heterocycles. The van der Waals surface area contributed by atoms with E-state index in [4.69, 9.17) is 4.74 Å². The average molecular weight is 466 g/mol. The van der Waals surface area contributed by atoms with Crippen molar-refractivity contribution < 1.29 is 9.84 Å². The highest BCUT2D eigenvalue weighted by atomic mass is 79.9. The predicted molar refractivity (Wildman–Crippen MR) is 91.5 cm³/mol. The van der Waals surface area contributed by atoms with E-state index in [1.54, 1.807) is 13.2 Å². The maximum Gasteiger partial charge on any atom is 0.135 e. The van der Waals surface area contributed by atoms with Crippen LogP contribution in [0.25, 0.3) is 0 Å². The molecule has 0 bridgehead atoms. The number of methoxy groups -OCH3 is 1. The maximum absolute atomic E-state index is 9.96. The second-order valence-corrected chi connectivity index (χ2v) is 6.63. The van der Waals surface area contributed by atoms with E-state index in [-0.39, 0.29) is 5.75 Å². The number of phenols is 1. The Morgan fingerprint density at radius 1 is 1.10 bits per heavy atom. The molecule has 0 aliphatic heterocycles. The van der Waals surface area contributed by atoms with E-state index >= 15 is 0 Å². The smallest absolute Gasteiger partial charge is 0.135 e. The highest BCUT2D eigenvalue weighted by molar-refractivity contribution is 9.11. The van der Waals surface area contributed by atoms with Gasteiger partial charge in [0.1, 0.15) is 11.5 Å². The largest absolute Gasteiger partial charge is 0.506 e. The van der Waals surface area contributed by atoms with Crippen LogP contribution >= 0.6 is 47.8 Å². The fourth-order valence-corrected chi connectivity index (χ4v) is 3.42. The molecule has 0 fully saturated rings. The molecule has 106 valence electrons. The topological polar surface area (TPSA) is 41.5 Å². The second kappa shape index (κ2) is 6.83. The van der Waals surface area contributed by atoms with Gasteiger partial charge >= 0.3 is 0 Å². The van der Waals surface area contributed by atoms with Crippen molar-refractivity contribution in [1.29, 1.82) is 0 Å². The van der Waals surface area contributed by atoms with Crippen LogP contribution < -0.4 is 10.1 Å². The van der Waals surface area contributed by atoms with Gasteiger partial charge in [0, 0.05) is 22.6 Å². The minimum absolute atomic E-state index is 0.250. The van der Waals surface area contributed by atoms with Crippen molar-refractivity contribution in [3.63, 3.8) is 0 Å². The third-order valence-corrected chi connectivity index (χ3v) is 4.70. The van der Waals surface area contributed by atoms with Crippen LogP contribution in [0.2, 0.25) is 0 Å². The SMILES string of the molecule is COc1cc(NCc2cccc(Br)c2O)c(Br)cc1Br. The van der Waals surface area contributed by atoms with Crippen LogP contribution in [0.5, 0.6) is 11.5 Å². The van der Waals surface area contributed by atoms with E-state index < -0.39 is 0 Å². The molecule has 0 spiro atoms. The predicted octanol–water partition coefficient (Wildman–Crippen LogP) is 5.30. The van der Waals surface area contributed by atoms with Gasteiger partial charge < -0.3 is 15.2 Å². The standard InChI is InChI=1S/C14H12Br3NO2/c1-20-13-6-12(10(16)5-11(13)17)18-7-8-3-2-4-9(15)14(8)19/h2-6,18-19H,7H2,1H3. The average Bonchev–Trinajstić information content (AvgIpc) is 2.42. The number of nitrogens with one attached hydrogen (secondary N) is 1. The van der Waals surface area contributed by atoms with Gasteiger partial charge in [-0.15, -0.1) is 0 Å². The molecule has 3 nitrogen and oxygen atoms in total. The summed E-state index contributed by atoms with van der Waals surface area (Å²) in [6, 6.07) is 9.37. The fraction of sp³-hybridized carbons (Fsp3) is 0.143. The molecule has 0 radical (unpaired) electrons. The third kappa shape index (κ3) is 3.48.